The molecule has 0 saturated heterocycles. The van der Waals surface area contributed by atoms with Gasteiger partial charge in [-0.05, 0) is 31.4 Å². The first kappa shape index (κ1) is 10.1. The number of pyridine rings is 1. The lowest BCUT2D eigenvalue weighted by Gasteiger charge is -2.26. The van der Waals surface area contributed by atoms with Crippen LogP contribution in [0.1, 0.15) is 37.3 Å². The summed E-state index contributed by atoms with van der Waals surface area (Å²) < 4.78 is 1.11. The van der Waals surface area contributed by atoms with Gasteiger partial charge in [-0.1, -0.05) is 22.4 Å². The van der Waals surface area contributed by atoms with E-state index in [4.69, 9.17) is 5.73 Å². The molecule has 14 heavy (non-hydrogen) atoms. The lowest BCUT2D eigenvalue weighted by molar-refractivity contribution is 0.388. The molecule has 0 bridgehead atoms. The maximum absolute atomic E-state index is 5.96. The van der Waals surface area contributed by atoms with E-state index in [0.29, 0.717) is 12.0 Å². The summed E-state index contributed by atoms with van der Waals surface area (Å²) in [7, 11) is 0. The van der Waals surface area contributed by atoms with Gasteiger partial charge in [0.15, 0.2) is 0 Å². The molecular formula is C11H15BrN2. The minimum Gasteiger partial charge on any atom is -0.328 e. The first-order chi connectivity index (χ1) is 6.75. The van der Waals surface area contributed by atoms with E-state index >= 15 is 0 Å². The average Bonchev–Trinajstić information content (AvgIpc) is 2.18. The summed E-state index contributed by atoms with van der Waals surface area (Å²) >= 11 is 3.47. The summed E-state index contributed by atoms with van der Waals surface area (Å²) in [6, 6.07) is 4.45. The van der Waals surface area contributed by atoms with Crippen molar-refractivity contribution in [2.45, 2.75) is 37.6 Å². The van der Waals surface area contributed by atoms with Crippen LogP contribution in [0.25, 0.3) is 0 Å². The molecule has 2 rings (SSSR count). The van der Waals surface area contributed by atoms with Crippen LogP contribution in [0.4, 0.5) is 0 Å². The second-order valence-corrected chi connectivity index (χ2v) is 4.94. The van der Waals surface area contributed by atoms with Crippen LogP contribution in [0.3, 0.4) is 0 Å². The van der Waals surface area contributed by atoms with Crippen LogP contribution in [-0.2, 0) is 0 Å². The fourth-order valence-corrected chi connectivity index (χ4v) is 2.49. The van der Waals surface area contributed by atoms with Gasteiger partial charge in [-0.25, -0.2) is 0 Å². The van der Waals surface area contributed by atoms with Gasteiger partial charge in [0.25, 0.3) is 0 Å². The Kier molecular flexibility index (Phi) is 3.19. The summed E-state index contributed by atoms with van der Waals surface area (Å²) in [4.78, 5) is 4.41. The van der Waals surface area contributed by atoms with Gasteiger partial charge in [0.1, 0.15) is 0 Å². The van der Waals surface area contributed by atoms with Crippen LogP contribution < -0.4 is 5.73 Å². The van der Waals surface area contributed by atoms with Crippen LogP contribution >= 0.6 is 15.9 Å². The average molecular weight is 255 g/mol. The molecule has 1 heterocycles. The van der Waals surface area contributed by atoms with Crippen molar-refractivity contribution in [2.75, 3.05) is 0 Å². The molecule has 0 aromatic carbocycles. The molecule has 0 aliphatic heterocycles. The summed E-state index contributed by atoms with van der Waals surface area (Å²) in [6.07, 6.45) is 6.59. The van der Waals surface area contributed by atoms with E-state index in [2.05, 4.69) is 27.0 Å². The Morgan fingerprint density at radius 3 is 3.00 bits per heavy atom. The Bertz CT molecular complexity index is 314. The molecule has 1 saturated carbocycles. The number of nitrogens with two attached hydrogens (primary N) is 1. The topological polar surface area (TPSA) is 38.9 Å². The molecule has 1 aliphatic carbocycles. The normalized spacial score (nSPS) is 27.6. The Hall–Kier alpha value is -0.410. The second-order valence-electron chi connectivity index (χ2n) is 4.02. The zero-order chi connectivity index (χ0) is 9.97. The molecule has 1 aromatic heterocycles. The molecule has 1 aromatic rings. The third-order valence-electron chi connectivity index (χ3n) is 2.88. The molecule has 0 spiro atoms. The lowest BCUT2D eigenvalue weighted by Crippen LogP contribution is -2.27. The van der Waals surface area contributed by atoms with Gasteiger partial charge in [0.05, 0.1) is 0 Å². The van der Waals surface area contributed by atoms with Crippen molar-refractivity contribution in [3.05, 3.63) is 28.5 Å². The number of hydrogen-bond acceptors (Lipinski definition) is 2. The minimum atomic E-state index is 0.370. The van der Waals surface area contributed by atoms with E-state index in [1.807, 2.05) is 12.3 Å². The molecule has 76 valence electrons. The zero-order valence-electron chi connectivity index (χ0n) is 8.12. The van der Waals surface area contributed by atoms with Crippen LogP contribution in [0.5, 0.6) is 0 Å². The highest BCUT2D eigenvalue weighted by molar-refractivity contribution is 9.10. The maximum atomic E-state index is 5.96. The second kappa shape index (κ2) is 4.41. The molecule has 2 N–H and O–H groups in total. The molecule has 2 atom stereocenters. The van der Waals surface area contributed by atoms with Gasteiger partial charge in [0.2, 0.25) is 0 Å². The van der Waals surface area contributed by atoms with Crippen molar-refractivity contribution < 1.29 is 0 Å². The Labute approximate surface area is 93.0 Å². The first-order valence-corrected chi connectivity index (χ1v) is 5.92. The molecule has 0 radical (unpaired) electrons. The highest BCUT2D eigenvalue weighted by Crippen LogP contribution is 2.31. The standard InChI is InChI=1S/C11H15BrN2/c12-9-4-5-14-11(7-9)8-2-1-3-10(13)6-8/h4-5,7-8,10H,1-3,6,13H2. The predicted molar refractivity (Wildman–Crippen MR) is 61.1 cm³/mol. The number of hydrogen-bond donors (Lipinski definition) is 1. The molecule has 2 nitrogen and oxygen atoms in total. The van der Waals surface area contributed by atoms with Crippen LogP contribution in [-0.4, -0.2) is 11.0 Å². The van der Waals surface area contributed by atoms with E-state index in [9.17, 15) is 0 Å². The highest BCUT2D eigenvalue weighted by Gasteiger charge is 2.21. The number of aromatic nitrogens is 1. The van der Waals surface area contributed by atoms with Crippen LogP contribution in [0, 0.1) is 0 Å². The van der Waals surface area contributed by atoms with E-state index < -0.39 is 0 Å². The molecule has 1 fully saturated rings. The molecule has 0 amide bonds. The SMILES string of the molecule is NC1CCCC(c2cc(Br)ccn2)C1. The van der Waals surface area contributed by atoms with Crippen LogP contribution in [0.15, 0.2) is 22.8 Å². The number of halogens is 1. The van der Waals surface area contributed by atoms with Gasteiger partial charge in [-0.3, -0.25) is 4.98 Å². The monoisotopic (exact) mass is 254 g/mol. The third kappa shape index (κ3) is 2.34. The summed E-state index contributed by atoms with van der Waals surface area (Å²) in [5, 5.41) is 0. The fourth-order valence-electron chi connectivity index (χ4n) is 2.14. The van der Waals surface area contributed by atoms with E-state index in [-0.39, 0.29) is 0 Å². The largest absolute Gasteiger partial charge is 0.328 e. The van der Waals surface area contributed by atoms with Crippen molar-refractivity contribution in [1.29, 1.82) is 0 Å². The van der Waals surface area contributed by atoms with Gasteiger partial charge >= 0.3 is 0 Å². The predicted octanol–water partition coefficient (Wildman–Crippen LogP) is 2.83. The van der Waals surface area contributed by atoms with Crippen molar-refractivity contribution in [3.63, 3.8) is 0 Å². The minimum absolute atomic E-state index is 0.370. The fraction of sp³-hybridized carbons (Fsp3) is 0.545. The van der Waals surface area contributed by atoms with E-state index in [1.165, 1.54) is 25.0 Å². The Balaban J connectivity index is 2.14. The zero-order valence-corrected chi connectivity index (χ0v) is 9.70. The molecular weight excluding hydrogens is 240 g/mol. The van der Waals surface area contributed by atoms with Gasteiger partial charge in [0, 0.05) is 28.3 Å². The summed E-state index contributed by atoms with van der Waals surface area (Å²) in [5.74, 6) is 0.566. The summed E-state index contributed by atoms with van der Waals surface area (Å²) in [5.41, 5.74) is 7.15. The lowest BCUT2D eigenvalue weighted by atomic mass is 9.84. The van der Waals surface area contributed by atoms with Gasteiger partial charge in [-0.15, -0.1) is 0 Å². The molecule has 1 aliphatic rings. The van der Waals surface area contributed by atoms with Crippen molar-refractivity contribution in [3.8, 4) is 0 Å². The third-order valence-corrected chi connectivity index (χ3v) is 3.37. The number of rotatable bonds is 1. The van der Waals surface area contributed by atoms with Crippen molar-refractivity contribution in [2.24, 2.45) is 5.73 Å². The Morgan fingerprint density at radius 2 is 2.29 bits per heavy atom. The van der Waals surface area contributed by atoms with Crippen molar-refractivity contribution in [1.82, 2.24) is 4.98 Å². The van der Waals surface area contributed by atoms with E-state index in [1.54, 1.807) is 0 Å². The summed E-state index contributed by atoms with van der Waals surface area (Å²) in [6.45, 7) is 0. The van der Waals surface area contributed by atoms with Crippen LogP contribution in [0.2, 0.25) is 0 Å². The molecule has 2 unspecified atom stereocenters. The van der Waals surface area contributed by atoms with E-state index in [0.717, 1.165) is 10.9 Å². The Morgan fingerprint density at radius 1 is 1.43 bits per heavy atom. The quantitative estimate of drug-likeness (QED) is 0.838. The van der Waals surface area contributed by atoms with Crippen molar-refractivity contribution >= 4 is 15.9 Å². The first-order valence-electron chi connectivity index (χ1n) is 5.13. The maximum Gasteiger partial charge on any atom is 0.0446 e. The van der Waals surface area contributed by atoms with Gasteiger partial charge < -0.3 is 5.73 Å². The smallest absolute Gasteiger partial charge is 0.0446 e. The molecule has 3 heteroatoms. The highest BCUT2D eigenvalue weighted by atomic mass is 79.9. The van der Waals surface area contributed by atoms with Gasteiger partial charge in [-0.2, -0.15) is 0 Å². The number of nitrogens with zero attached hydrogens (tertiary/aromatic N) is 1.